The van der Waals surface area contributed by atoms with Crippen LogP contribution < -0.4 is 5.32 Å². The highest BCUT2D eigenvalue weighted by Crippen LogP contribution is 2.39. The van der Waals surface area contributed by atoms with Gasteiger partial charge < -0.3 is 10.1 Å². The number of thiophene rings is 1. The summed E-state index contributed by atoms with van der Waals surface area (Å²) in [5, 5.41) is 21.5. The maximum Gasteiger partial charge on any atom is 0.331 e. The number of fused-ring (bicyclic) bond motifs is 1. The van der Waals surface area contributed by atoms with E-state index in [9.17, 15) is 14.9 Å². The number of hydrogen-bond acceptors (Lipinski definition) is 6. The van der Waals surface area contributed by atoms with Crippen molar-refractivity contribution in [1.82, 2.24) is 0 Å². The van der Waals surface area contributed by atoms with E-state index in [-0.39, 0.29) is 0 Å². The van der Waals surface area contributed by atoms with Crippen LogP contribution in [0.3, 0.4) is 0 Å². The number of benzene rings is 1. The van der Waals surface area contributed by atoms with Crippen LogP contribution in [0, 0.1) is 28.6 Å². The lowest BCUT2D eigenvalue weighted by molar-refractivity contribution is -0.142. The zero-order valence-corrected chi connectivity index (χ0v) is 16.7. The van der Waals surface area contributed by atoms with Gasteiger partial charge in [-0.05, 0) is 54.5 Å². The SMILES string of the molecule is C[C@H]1CCc2c(sc(NC(=O)COC(=O)/C=C/c3ccc(C#N)cc3)c2C#N)C1. The number of amides is 1. The second-order valence-electron chi connectivity index (χ2n) is 6.89. The fraction of sp³-hybridized carbons (Fsp3) is 0.273. The molecular weight excluding hydrogens is 386 g/mol. The van der Waals surface area contributed by atoms with Gasteiger partial charge in [0.05, 0.1) is 17.2 Å². The predicted octanol–water partition coefficient (Wildman–Crippen LogP) is 3.81. The van der Waals surface area contributed by atoms with Crippen LogP contribution in [-0.4, -0.2) is 18.5 Å². The van der Waals surface area contributed by atoms with Crippen LogP contribution in [0.15, 0.2) is 30.3 Å². The van der Waals surface area contributed by atoms with Crippen molar-refractivity contribution in [3.8, 4) is 12.1 Å². The number of nitriles is 2. The van der Waals surface area contributed by atoms with Gasteiger partial charge in [-0.2, -0.15) is 10.5 Å². The number of carbonyl (C=O) groups is 2. The third-order valence-electron chi connectivity index (χ3n) is 4.67. The topological polar surface area (TPSA) is 103 Å². The van der Waals surface area contributed by atoms with Crippen molar-refractivity contribution in [2.24, 2.45) is 5.92 Å². The first kappa shape index (κ1) is 20.3. The second kappa shape index (κ2) is 9.18. The van der Waals surface area contributed by atoms with Gasteiger partial charge in [-0.25, -0.2) is 4.79 Å². The molecule has 29 heavy (non-hydrogen) atoms. The molecule has 146 valence electrons. The normalized spacial score (nSPS) is 15.2. The third kappa shape index (κ3) is 5.10. The summed E-state index contributed by atoms with van der Waals surface area (Å²) in [5.74, 6) is -0.558. The molecule has 7 heteroatoms. The first-order chi connectivity index (χ1) is 14.0. The zero-order chi connectivity index (χ0) is 20.8. The molecule has 3 rings (SSSR count). The largest absolute Gasteiger partial charge is 0.452 e. The molecule has 6 nitrogen and oxygen atoms in total. The number of anilines is 1. The highest BCUT2D eigenvalue weighted by Gasteiger charge is 2.24. The number of nitrogens with zero attached hydrogens (tertiary/aromatic N) is 2. The van der Waals surface area contributed by atoms with Crippen molar-refractivity contribution in [2.75, 3.05) is 11.9 Å². The minimum Gasteiger partial charge on any atom is -0.452 e. The maximum atomic E-state index is 12.2. The molecular formula is C22H19N3O3S. The van der Waals surface area contributed by atoms with Crippen LogP contribution in [0.1, 0.15) is 40.5 Å². The minimum atomic E-state index is -0.649. The van der Waals surface area contributed by atoms with Gasteiger partial charge in [0.25, 0.3) is 5.91 Å². The molecule has 1 aromatic heterocycles. The fourth-order valence-electron chi connectivity index (χ4n) is 3.14. The van der Waals surface area contributed by atoms with Crippen molar-refractivity contribution in [2.45, 2.75) is 26.2 Å². The third-order valence-corrected chi connectivity index (χ3v) is 5.84. The Kier molecular flexibility index (Phi) is 6.43. The Morgan fingerprint density at radius 3 is 2.72 bits per heavy atom. The lowest BCUT2D eigenvalue weighted by Gasteiger charge is -2.17. The van der Waals surface area contributed by atoms with Gasteiger partial charge in [0.2, 0.25) is 0 Å². The summed E-state index contributed by atoms with van der Waals surface area (Å²) in [5.41, 5.74) is 2.83. The van der Waals surface area contributed by atoms with Gasteiger partial charge >= 0.3 is 5.97 Å². The number of hydrogen-bond donors (Lipinski definition) is 1. The van der Waals surface area contributed by atoms with Crippen LogP contribution in [0.2, 0.25) is 0 Å². The molecule has 1 N–H and O–H groups in total. The maximum absolute atomic E-state index is 12.2. The van der Waals surface area contributed by atoms with Gasteiger partial charge in [-0.15, -0.1) is 11.3 Å². The standard InChI is InChI=1S/C22H19N3O3S/c1-14-2-8-17-18(12-24)22(29-19(17)10-14)25-20(26)13-28-21(27)9-7-15-3-5-16(11-23)6-4-15/h3-7,9,14H,2,8,10,13H2,1H3,(H,25,26)/b9-7+/t14-/m0/s1. The van der Waals surface area contributed by atoms with E-state index in [2.05, 4.69) is 18.3 Å². The number of esters is 1. The molecule has 0 fully saturated rings. The molecule has 1 heterocycles. The molecule has 0 saturated carbocycles. The van der Waals surface area contributed by atoms with Gasteiger partial charge in [0.1, 0.15) is 11.1 Å². The van der Waals surface area contributed by atoms with E-state index < -0.39 is 18.5 Å². The summed E-state index contributed by atoms with van der Waals surface area (Å²) >= 11 is 1.43. The summed E-state index contributed by atoms with van der Waals surface area (Å²) in [6.07, 6.45) is 5.57. The highest BCUT2D eigenvalue weighted by molar-refractivity contribution is 7.16. The van der Waals surface area contributed by atoms with E-state index in [0.29, 0.717) is 22.0 Å². The van der Waals surface area contributed by atoms with Gasteiger partial charge in [0, 0.05) is 11.0 Å². The Hall–Kier alpha value is -3.42. The molecule has 0 saturated heterocycles. The van der Waals surface area contributed by atoms with Crippen molar-refractivity contribution in [1.29, 1.82) is 10.5 Å². The minimum absolute atomic E-state index is 0.430. The number of rotatable bonds is 5. The van der Waals surface area contributed by atoms with Crippen molar-refractivity contribution < 1.29 is 14.3 Å². The quantitative estimate of drug-likeness (QED) is 0.602. The van der Waals surface area contributed by atoms with E-state index in [1.54, 1.807) is 30.3 Å². The Balaban J connectivity index is 1.55. The van der Waals surface area contributed by atoms with Crippen LogP contribution in [0.4, 0.5) is 5.00 Å². The van der Waals surface area contributed by atoms with Gasteiger partial charge in [-0.1, -0.05) is 19.1 Å². The van der Waals surface area contributed by atoms with E-state index in [0.717, 1.165) is 35.3 Å². The summed E-state index contributed by atoms with van der Waals surface area (Å²) in [6, 6.07) is 10.9. The molecule has 1 aliphatic carbocycles. The van der Waals surface area contributed by atoms with E-state index in [1.165, 1.54) is 17.4 Å². The van der Waals surface area contributed by atoms with Crippen LogP contribution in [-0.2, 0) is 27.2 Å². The molecule has 1 amide bonds. The molecule has 0 radical (unpaired) electrons. The Bertz CT molecular complexity index is 1040. The highest BCUT2D eigenvalue weighted by atomic mass is 32.1. The van der Waals surface area contributed by atoms with Gasteiger partial charge in [-0.3, -0.25) is 4.79 Å². The van der Waals surface area contributed by atoms with Gasteiger partial charge in [0.15, 0.2) is 6.61 Å². The fourth-order valence-corrected chi connectivity index (χ4v) is 4.52. The summed E-state index contributed by atoms with van der Waals surface area (Å²) in [4.78, 5) is 25.1. The number of nitrogens with one attached hydrogen (secondary N) is 1. The molecule has 0 aliphatic heterocycles. The Labute approximate surface area is 173 Å². The molecule has 1 aliphatic rings. The van der Waals surface area contributed by atoms with E-state index >= 15 is 0 Å². The molecule has 0 bridgehead atoms. The summed E-state index contributed by atoms with van der Waals surface area (Å²) < 4.78 is 4.97. The molecule has 1 aromatic carbocycles. The van der Waals surface area contributed by atoms with E-state index in [1.807, 2.05) is 6.07 Å². The van der Waals surface area contributed by atoms with Crippen LogP contribution >= 0.6 is 11.3 Å². The zero-order valence-electron chi connectivity index (χ0n) is 15.9. The molecule has 0 unspecified atom stereocenters. The molecule has 2 aromatic rings. The average molecular weight is 405 g/mol. The predicted molar refractivity (Wildman–Crippen MR) is 110 cm³/mol. The smallest absolute Gasteiger partial charge is 0.331 e. The Morgan fingerprint density at radius 1 is 1.28 bits per heavy atom. The second-order valence-corrected chi connectivity index (χ2v) is 8.00. The van der Waals surface area contributed by atoms with Crippen molar-refractivity contribution in [3.63, 3.8) is 0 Å². The van der Waals surface area contributed by atoms with E-state index in [4.69, 9.17) is 10.00 Å². The van der Waals surface area contributed by atoms with Crippen LogP contribution in [0.25, 0.3) is 6.08 Å². The van der Waals surface area contributed by atoms with Crippen molar-refractivity contribution in [3.05, 3.63) is 57.5 Å². The first-order valence-electron chi connectivity index (χ1n) is 9.19. The lowest BCUT2D eigenvalue weighted by Crippen LogP contribution is -2.20. The van der Waals surface area contributed by atoms with Crippen LogP contribution in [0.5, 0.6) is 0 Å². The van der Waals surface area contributed by atoms with Crippen molar-refractivity contribution >= 4 is 34.3 Å². The number of carbonyl (C=O) groups excluding carboxylic acids is 2. The molecule has 1 atom stereocenters. The summed E-state index contributed by atoms with van der Waals surface area (Å²) in [7, 11) is 0. The average Bonchev–Trinajstić information content (AvgIpc) is 3.06. The molecule has 0 spiro atoms. The monoisotopic (exact) mass is 405 g/mol. The number of ether oxygens (including phenoxy) is 1. The Morgan fingerprint density at radius 2 is 2.03 bits per heavy atom. The first-order valence-corrected chi connectivity index (χ1v) is 10.0. The summed E-state index contributed by atoms with van der Waals surface area (Å²) in [6.45, 7) is 1.75. The lowest BCUT2D eigenvalue weighted by atomic mass is 9.89.